The summed E-state index contributed by atoms with van der Waals surface area (Å²) in [5, 5.41) is 10.2. The van der Waals surface area contributed by atoms with Crippen LogP contribution < -0.4 is 4.31 Å². The first-order valence-electron chi connectivity index (χ1n) is 7.86. The second kappa shape index (κ2) is 6.64. The SMILES string of the molecule is Cc1ccc(S(=O)(=O)N(c2ccccc2F)C2CS(=O)(=O)CC2O)cc1. The first kappa shape index (κ1) is 18.8. The summed E-state index contributed by atoms with van der Waals surface area (Å²) >= 11 is 0. The summed E-state index contributed by atoms with van der Waals surface area (Å²) in [6.45, 7) is 1.79. The Morgan fingerprint density at radius 2 is 1.69 bits per heavy atom. The van der Waals surface area contributed by atoms with E-state index in [4.69, 9.17) is 0 Å². The van der Waals surface area contributed by atoms with Crippen LogP contribution in [0.15, 0.2) is 53.4 Å². The van der Waals surface area contributed by atoms with Gasteiger partial charge in [0.05, 0.1) is 34.2 Å². The maximum absolute atomic E-state index is 14.4. The van der Waals surface area contributed by atoms with Crippen LogP contribution in [-0.2, 0) is 19.9 Å². The first-order valence-corrected chi connectivity index (χ1v) is 11.1. The summed E-state index contributed by atoms with van der Waals surface area (Å²) in [6, 6.07) is 9.80. The van der Waals surface area contributed by atoms with E-state index in [1.54, 1.807) is 19.1 Å². The molecule has 2 unspecified atom stereocenters. The molecule has 2 aromatic rings. The van der Waals surface area contributed by atoms with E-state index in [-0.39, 0.29) is 10.6 Å². The molecular weight excluding hydrogens is 381 g/mol. The van der Waals surface area contributed by atoms with Gasteiger partial charge < -0.3 is 5.11 Å². The lowest BCUT2D eigenvalue weighted by Crippen LogP contribution is -2.47. The van der Waals surface area contributed by atoms with Gasteiger partial charge in [0.15, 0.2) is 9.84 Å². The molecule has 2 aromatic carbocycles. The van der Waals surface area contributed by atoms with Gasteiger partial charge in [-0.25, -0.2) is 21.2 Å². The second-order valence-electron chi connectivity index (χ2n) is 6.28. The minimum atomic E-state index is -4.29. The number of anilines is 1. The van der Waals surface area contributed by atoms with E-state index < -0.39 is 49.3 Å². The fourth-order valence-electron chi connectivity index (χ4n) is 2.98. The van der Waals surface area contributed by atoms with Crippen molar-refractivity contribution >= 4 is 25.5 Å². The van der Waals surface area contributed by atoms with Gasteiger partial charge in [0, 0.05) is 0 Å². The third-order valence-corrected chi connectivity index (χ3v) is 7.81. The lowest BCUT2D eigenvalue weighted by molar-refractivity contribution is 0.184. The molecule has 1 heterocycles. The second-order valence-corrected chi connectivity index (χ2v) is 10.2. The number of rotatable bonds is 4. The summed E-state index contributed by atoms with van der Waals surface area (Å²) in [6.07, 6.45) is -1.44. The summed E-state index contributed by atoms with van der Waals surface area (Å²) in [5.41, 5.74) is 0.541. The molecule has 6 nitrogen and oxygen atoms in total. The van der Waals surface area contributed by atoms with Gasteiger partial charge in [0.25, 0.3) is 10.0 Å². The molecule has 1 aliphatic heterocycles. The van der Waals surface area contributed by atoms with E-state index in [2.05, 4.69) is 0 Å². The number of benzene rings is 2. The van der Waals surface area contributed by atoms with Crippen molar-refractivity contribution in [1.29, 1.82) is 0 Å². The Morgan fingerprint density at radius 3 is 2.23 bits per heavy atom. The van der Waals surface area contributed by atoms with Crippen LogP contribution >= 0.6 is 0 Å². The van der Waals surface area contributed by atoms with Crippen LogP contribution in [0.5, 0.6) is 0 Å². The zero-order valence-electron chi connectivity index (χ0n) is 13.9. The number of aliphatic hydroxyl groups excluding tert-OH is 1. The van der Waals surface area contributed by atoms with Crippen molar-refractivity contribution in [2.45, 2.75) is 24.0 Å². The Morgan fingerprint density at radius 1 is 1.08 bits per heavy atom. The number of sulfone groups is 1. The van der Waals surface area contributed by atoms with Crippen LogP contribution in [-0.4, -0.2) is 45.6 Å². The maximum atomic E-state index is 14.4. The lowest BCUT2D eigenvalue weighted by Gasteiger charge is -2.31. The summed E-state index contributed by atoms with van der Waals surface area (Å²) in [5.74, 6) is -1.96. The number of halogens is 1. The molecule has 1 saturated heterocycles. The van der Waals surface area contributed by atoms with Crippen molar-refractivity contribution in [3.63, 3.8) is 0 Å². The monoisotopic (exact) mass is 399 g/mol. The van der Waals surface area contributed by atoms with E-state index >= 15 is 0 Å². The third kappa shape index (κ3) is 3.46. The average Bonchev–Trinajstić information content (AvgIpc) is 2.82. The average molecular weight is 399 g/mol. The number of aryl methyl sites for hydroxylation is 1. The Kier molecular flexibility index (Phi) is 4.80. The Hall–Kier alpha value is -1.97. The van der Waals surface area contributed by atoms with Crippen molar-refractivity contribution in [2.24, 2.45) is 0 Å². The largest absolute Gasteiger partial charge is 0.390 e. The van der Waals surface area contributed by atoms with Crippen LogP contribution in [0.1, 0.15) is 5.56 Å². The zero-order valence-corrected chi connectivity index (χ0v) is 15.5. The van der Waals surface area contributed by atoms with Crippen LogP contribution in [0.4, 0.5) is 10.1 Å². The van der Waals surface area contributed by atoms with Gasteiger partial charge in [-0.1, -0.05) is 29.8 Å². The highest BCUT2D eigenvalue weighted by Gasteiger charge is 2.45. The molecule has 26 heavy (non-hydrogen) atoms. The summed E-state index contributed by atoms with van der Waals surface area (Å²) in [7, 11) is -7.93. The fourth-order valence-corrected chi connectivity index (χ4v) is 6.53. The number of hydrogen-bond acceptors (Lipinski definition) is 5. The van der Waals surface area contributed by atoms with E-state index in [0.717, 1.165) is 11.6 Å². The molecular formula is C17H18FNO5S2. The van der Waals surface area contributed by atoms with Crippen molar-refractivity contribution in [3.05, 3.63) is 59.9 Å². The van der Waals surface area contributed by atoms with Crippen molar-refractivity contribution < 1.29 is 26.3 Å². The standard InChI is InChI=1S/C17H18FNO5S2/c1-12-6-8-13(9-7-12)26(23,24)19(15-5-3-2-4-14(15)18)16-10-25(21,22)11-17(16)20/h2-9,16-17,20H,10-11H2,1H3. The van der Waals surface area contributed by atoms with E-state index in [1.165, 1.54) is 30.3 Å². The molecule has 9 heteroatoms. The molecule has 140 valence electrons. The molecule has 1 N–H and O–H groups in total. The van der Waals surface area contributed by atoms with Crippen molar-refractivity contribution in [1.82, 2.24) is 0 Å². The van der Waals surface area contributed by atoms with Gasteiger partial charge in [0.2, 0.25) is 0 Å². The fraction of sp³-hybridized carbons (Fsp3) is 0.294. The molecule has 0 saturated carbocycles. The molecule has 0 bridgehead atoms. The predicted octanol–water partition coefficient (Wildman–Crippen LogP) is 1.49. The molecule has 0 spiro atoms. The highest BCUT2D eigenvalue weighted by atomic mass is 32.2. The highest BCUT2D eigenvalue weighted by molar-refractivity contribution is 7.93. The highest BCUT2D eigenvalue weighted by Crippen LogP contribution is 2.32. The molecule has 1 aliphatic rings. The molecule has 0 amide bonds. The molecule has 0 aromatic heterocycles. The van der Waals surface area contributed by atoms with E-state index in [1.807, 2.05) is 0 Å². The van der Waals surface area contributed by atoms with Gasteiger partial charge in [-0.3, -0.25) is 4.31 Å². The molecule has 3 rings (SSSR count). The van der Waals surface area contributed by atoms with Crippen molar-refractivity contribution in [3.8, 4) is 0 Å². The Balaban J connectivity index is 2.18. The minimum absolute atomic E-state index is 0.108. The van der Waals surface area contributed by atoms with Crippen LogP contribution in [0.25, 0.3) is 0 Å². The van der Waals surface area contributed by atoms with E-state index in [9.17, 15) is 26.3 Å². The maximum Gasteiger partial charge on any atom is 0.264 e. The number of sulfonamides is 1. The smallest absolute Gasteiger partial charge is 0.264 e. The molecule has 0 radical (unpaired) electrons. The van der Waals surface area contributed by atoms with Gasteiger partial charge in [-0.15, -0.1) is 0 Å². The normalized spacial score (nSPS) is 22.3. The van der Waals surface area contributed by atoms with Crippen LogP contribution in [0.2, 0.25) is 0 Å². The number of hydrogen-bond donors (Lipinski definition) is 1. The van der Waals surface area contributed by atoms with Crippen LogP contribution in [0.3, 0.4) is 0 Å². The van der Waals surface area contributed by atoms with Gasteiger partial charge >= 0.3 is 0 Å². The Bertz CT molecular complexity index is 1020. The van der Waals surface area contributed by atoms with Gasteiger partial charge in [-0.2, -0.15) is 0 Å². The predicted molar refractivity (Wildman–Crippen MR) is 95.7 cm³/mol. The van der Waals surface area contributed by atoms with Crippen molar-refractivity contribution in [2.75, 3.05) is 15.8 Å². The number of aliphatic hydroxyl groups is 1. The van der Waals surface area contributed by atoms with Gasteiger partial charge in [0.1, 0.15) is 5.82 Å². The third-order valence-electron chi connectivity index (χ3n) is 4.26. The van der Waals surface area contributed by atoms with Gasteiger partial charge in [-0.05, 0) is 31.2 Å². The number of para-hydroxylation sites is 1. The number of nitrogens with zero attached hydrogens (tertiary/aromatic N) is 1. The summed E-state index contributed by atoms with van der Waals surface area (Å²) in [4.78, 5) is -0.108. The molecule has 0 aliphatic carbocycles. The quantitative estimate of drug-likeness (QED) is 0.841. The van der Waals surface area contributed by atoms with Crippen LogP contribution in [0, 0.1) is 12.7 Å². The van der Waals surface area contributed by atoms with E-state index in [0.29, 0.717) is 4.31 Å². The summed E-state index contributed by atoms with van der Waals surface area (Å²) < 4.78 is 65.3. The topological polar surface area (TPSA) is 91.8 Å². The molecule has 2 atom stereocenters. The Labute approximate surface area is 151 Å². The lowest BCUT2D eigenvalue weighted by atomic mass is 10.2. The zero-order chi connectivity index (χ0) is 19.1. The minimum Gasteiger partial charge on any atom is -0.390 e. The molecule has 1 fully saturated rings. The first-order chi connectivity index (χ1) is 12.1.